The van der Waals surface area contributed by atoms with Gasteiger partial charge in [-0.05, 0) is 49.3 Å². The maximum Gasteiger partial charge on any atom is 0.224 e. The fourth-order valence-corrected chi connectivity index (χ4v) is 4.58. The van der Waals surface area contributed by atoms with Crippen molar-refractivity contribution in [3.05, 3.63) is 29.5 Å². The summed E-state index contributed by atoms with van der Waals surface area (Å²) in [4.78, 5) is 41.5. The first-order valence-corrected chi connectivity index (χ1v) is 11.7. The highest BCUT2D eigenvalue weighted by atomic mass is 16.5. The van der Waals surface area contributed by atoms with Crippen molar-refractivity contribution in [1.29, 1.82) is 5.26 Å². The molecule has 1 aromatic carbocycles. The van der Waals surface area contributed by atoms with Gasteiger partial charge >= 0.3 is 0 Å². The van der Waals surface area contributed by atoms with E-state index in [-0.39, 0.29) is 41.8 Å². The number of H-pyrrole nitrogens is 1. The van der Waals surface area contributed by atoms with E-state index in [1.165, 1.54) is 0 Å². The third-order valence-electron chi connectivity index (χ3n) is 6.30. The van der Waals surface area contributed by atoms with E-state index in [0.29, 0.717) is 30.8 Å². The molecule has 3 rings (SSSR count). The van der Waals surface area contributed by atoms with Gasteiger partial charge < -0.3 is 20.4 Å². The van der Waals surface area contributed by atoms with Gasteiger partial charge in [-0.3, -0.25) is 14.4 Å². The van der Waals surface area contributed by atoms with Crippen LogP contribution < -0.4 is 15.4 Å². The van der Waals surface area contributed by atoms with Gasteiger partial charge in [0.1, 0.15) is 11.8 Å². The Morgan fingerprint density at radius 3 is 2.65 bits per heavy atom. The molecule has 2 aromatic rings. The summed E-state index contributed by atoms with van der Waals surface area (Å²) in [6.07, 6.45) is 1.42. The second-order valence-electron chi connectivity index (χ2n) is 10.3. The van der Waals surface area contributed by atoms with E-state index >= 15 is 0 Å². The van der Waals surface area contributed by atoms with E-state index in [2.05, 4.69) is 21.7 Å². The molecular formula is C26H34N4O4. The van der Waals surface area contributed by atoms with Crippen molar-refractivity contribution in [2.24, 2.45) is 17.3 Å². The predicted molar refractivity (Wildman–Crippen MR) is 129 cm³/mol. The second-order valence-corrected chi connectivity index (χ2v) is 10.3. The number of benzene rings is 1. The normalized spacial score (nSPS) is 17.6. The third-order valence-corrected chi connectivity index (χ3v) is 6.30. The van der Waals surface area contributed by atoms with Gasteiger partial charge in [-0.1, -0.05) is 26.8 Å². The molecule has 8 heteroatoms. The Balaban J connectivity index is 1.78. The summed E-state index contributed by atoms with van der Waals surface area (Å²) < 4.78 is 5.42. The molecule has 182 valence electrons. The van der Waals surface area contributed by atoms with Crippen molar-refractivity contribution >= 4 is 28.5 Å². The third kappa shape index (κ3) is 5.96. The molecule has 3 N–H and O–H groups in total. The summed E-state index contributed by atoms with van der Waals surface area (Å²) in [7, 11) is 1.59. The Morgan fingerprint density at radius 1 is 1.32 bits per heavy atom. The van der Waals surface area contributed by atoms with Gasteiger partial charge in [0.25, 0.3) is 0 Å². The summed E-state index contributed by atoms with van der Waals surface area (Å²) in [5.41, 5.74) is 2.05. The molecule has 8 nitrogen and oxygen atoms in total. The van der Waals surface area contributed by atoms with E-state index in [1.54, 1.807) is 13.2 Å². The molecule has 0 aliphatic carbocycles. The monoisotopic (exact) mass is 466 g/mol. The number of ketones is 1. The fraction of sp³-hybridized carbons (Fsp3) is 0.538. The molecule has 3 atom stereocenters. The van der Waals surface area contributed by atoms with Crippen molar-refractivity contribution in [2.45, 2.75) is 59.4 Å². The number of aryl methyl sites for hydroxylation is 1. The Bertz CT molecular complexity index is 1120. The van der Waals surface area contributed by atoms with Crippen LogP contribution in [0.1, 0.15) is 62.5 Å². The summed E-state index contributed by atoms with van der Waals surface area (Å²) in [6, 6.07) is 6.88. The van der Waals surface area contributed by atoms with Crippen molar-refractivity contribution in [1.82, 2.24) is 15.6 Å². The number of fused-ring (bicyclic) bond motifs is 1. The lowest BCUT2D eigenvalue weighted by molar-refractivity contribution is -0.127. The van der Waals surface area contributed by atoms with Gasteiger partial charge in [0.05, 0.1) is 24.4 Å². The first kappa shape index (κ1) is 25.3. The number of aromatic nitrogens is 1. The predicted octanol–water partition coefficient (Wildman–Crippen LogP) is 3.64. The molecule has 2 amide bonds. The lowest BCUT2D eigenvalue weighted by Crippen LogP contribution is -2.41. The SMILES string of the molecule is COc1ccc(C)c2[nH]c(C(=O)C[C@@H](CC(C)(C)C)C(=O)N[C@H](C#N)C[C@@H]3CCNC3=O)cc12. The molecule has 1 aliphatic rings. The smallest absolute Gasteiger partial charge is 0.224 e. The zero-order valence-corrected chi connectivity index (χ0v) is 20.6. The lowest BCUT2D eigenvalue weighted by atomic mass is 9.81. The first-order valence-electron chi connectivity index (χ1n) is 11.7. The number of methoxy groups -OCH3 is 1. The number of rotatable bonds is 9. The highest BCUT2D eigenvalue weighted by Gasteiger charge is 2.32. The van der Waals surface area contributed by atoms with Crippen LogP contribution in [0.15, 0.2) is 18.2 Å². The van der Waals surface area contributed by atoms with Crippen molar-refractivity contribution in [2.75, 3.05) is 13.7 Å². The molecule has 0 saturated carbocycles. The van der Waals surface area contributed by atoms with Crippen LogP contribution in [0.25, 0.3) is 10.9 Å². The number of hydrogen-bond donors (Lipinski definition) is 3. The van der Waals surface area contributed by atoms with Gasteiger partial charge in [0.15, 0.2) is 5.78 Å². The van der Waals surface area contributed by atoms with Gasteiger partial charge in [0.2, 0.25) is 11.8 Å². The van der Waals surface area contributed by atoms with Crippen LogP contribution >= 0.6 is 0 Å². The first-order chi connectivity index (χ1) is 16.0. The number of aromatic amines is 1. The number of carbonyl (C=O) groups excluding carboxylic acids is 3. The molecule has 0 spiro atoms. The Morgan fingerprint density at radius 2 is 2.06 bits per heavy atom. The Hall–Kier alpha value is -3.34. The number of carbonyl (C=O) groups is 3. The topological polar surface area (TPSA) is 124 Å². The number of nitriles is 1. The van der Waals surface area contributed by atoms with Crippen LogP contribution in [0, 0.1) is 35.5 Å². The quantitative estimate of drug-likeness (QED) is 0.487. The molecule has 0 bridgehead atoms. The number of nitrogens with zero attached hydrogens (tertiary/aromatic N) is 1. The zero-order valence-electron chi connectivity index (χ0n) is 20.6. The average Bonchev–Trinajstić information content (AvgIpc) is 3.39. The number of nitrogens with one attached hydrogen (secondary N) is 3. The maximum atomic E-state index is 13.2. The highest BCUT2D eigenvalue weighted by molar-refractivity contribution is 6.03. The molecule has 0 radical (unpaired) electrons. The van der Waals surface area contributed by atoms with Crippen LogP contribution in [0.5, 0.6) is 5.75 Å². The molecule has 0 unspecified atom stereocenters. The number of ether oxygens (including phenoxy) is 1. The van der Waals surface area contributed by atoms with Crippen LogP contribution in [0.3, 0.4) is 0 Å². The standard InChI is InChI=1S/C26H34N4O4/c1-15-6-7-22(34-5)19-12-20(30-23(15)19)21(31)11-17(13-26(2,3)4)25(33)29-18(14-27)10-16-8-9-28-24(16)32/h6-7,12,16-18,30H,8-11,13H2,1-5H3,(H,28,32)(H,29,33)/t16-,17-,18-/m0/s1. The Labute approximate surface area is 200 Å². The van der Waals surface area contributed by atoms with Gasteiger partial charge in [0, 0.05) is 30.2 Å². The molecule has 1 fully saturated rings. The van der Waals surface area contributed by atoms with Crippen LogP contribution in [-0.2, 0) is 9.59 Å². The second kappa shape index (κ2) is 10.3. The van der Waals surface area contributed by atoms with Crippen molar-refractivity contribution < 1.29 is 19.1 Å². The molecule has 1 aromatic heterocycles. The van der Waals surface area contributed by atoms with Crippen molar-refractivity contribution in [3.63, 3.8) is 0 Å². The Kier molecular flexibility index (Phi) is 7.65. The minimum Gasteiger partial charge on any atom is -0.496 e. The van der Waals surface area contributed by atoms with Crippen LogP contribution in [-0.4, -0.2) is 42.3 Å². The summed E-state index contributed by atoms with van der Waals surface area (Å²) in [5, 5.41) is 15.9. The molecule has 1 aliphatic heterocycles. The van der Waals surface area contributed by atoms with E-state index in [4.69, 9.17) is 4.74 Å². The molecule has 1 saturated heterocycles. The number of hydrogen-bond acceptors (Lipinski definition) is 5. The van der Waals surface area contributed by atoms with Crippen LogP contribution in [0.2, 0.25) is 0 Å². The molecular weight excluding hydrogens is 432 g/mol. The van der Waals surface area contributed by atoms with E-state index in [9.17, 15) is 19.6 Å². The van der Waals surface area contributed by atoms with E-state index in [0.717, 1.165) is 16.5 Å². The number of amides is 2. The maximum absolute atomic E-state index is 13.2. The minimum atomic E-state index is -0.779. The highest BCUT2D eigenvalue weighted by Crippen LogP contribution is 2.31. The van der Waals surface area contributed by atoms with Crippen LogP contribution in [0.4, 0.5) is 0 Å². The van der Waals surface area contributed by atoms with Crippen molar-refractivity contribution in [3.8, 4) is 11.8 Å². The largest absolute Gasteiger partial charge is 0.496 e. The van der Waals surface area contributed by atoms with Gasteiger partial charge in [-0.2, -0.15) is 5.26 Å². The summed E-state index contributed by atoms with van der Waals surface area (Å²) in [6.45, 7) is 8.58. The fourth-order valence-electron chi connectivity index (χ4n) is 4.58. The average molecular weight is 467 g/mol. The van der Waals surface area contributed by atoms with E-state index < -0.39 is 12.0 Å². The minimum absolute atomic E-state index is 0.0132. The molecule has 2 heterocycles. The zero-order chi connectivity index (χ0) is 25.0. The molecule has 34 heavy (non-hydrogen) atoms. The van der Waals surface area contributed by atoms with Gasteiger partial charge in [-0.15, -0.1) is 0 Å². The van der Waals surface area contributed by atoms with Gasteiger partial charge in [-0.25, -0.2) is 0 Å². The summed E-state index contributed by atoms with van der Waals surface area (Å²) >= 11 is 0. The number of Topliss-reactive ketones (excluding diaryl/α,β-unsaturated/α-hetero) is 1. The lowest BCUT2D eigenvalue weighted by Gasteiger charge is -2.26. The summed E-state index contributed by atoms with van der Waals surface area (Å²) in [5.74, 6) is -0.802. The van der Waals surface area contributed by atoms with E-state index in [1.807, 2.05) is 39.8 Å².